The standard InChI is InChI=1S/C25H24BrN/c1-16-5-6-21(19(4)18(16)3)11-22-12-25-13-23(15-27(25)14-17(22)2)20-7-9-24(26)10-8-20/h5-10,12-15H,11H2,1-4H3. The number of fused-ring (bicyclic) bond motifs is 1. The van der Waals surface area contributed by atoms with Gasteiger partial charge in [-0.2, -0.15) is 0 Å². The van der Waals surface area contributed by atoms with E-state index in [1.807, 2.05) is 0 Å². The highest BCUT2D eigenvalue weighted by Crippen LogP contribution is 2.27. The van der Waals surface area contributed by atoms with Gasteiger partial charge in [-0.3, -0.25) is 0 Å². The number of hydrogen-bond donors (Lipinski definition) is 0. The molecule has 4 aromatic rings. The first kappa shape index (κ1) is 18.1. The number of aromatic nitrogens is 1. The number of hydrogen-bond acceptors (Lipinski definition) is 0. The van der Waals surface area contributed by atoms with Gasteiger partial charge in [-0.25, -0.2) is 0 Å². The molecule has 2 aromatic heterocycles. The van der Waals surface area contributed by atoms with Gasteiger partial charge >= 0.3 is 0 Å². The second-order valence-corrected chi connectivity index (χ2v) is 8.43. The molecule has 0 unspecified atom stereocenters. The highest BCUT2D eigenvalue weighted by atomic mass is 79.9. The zero-order chi connectivity index (χ0) is 19.1. The van der Waals surface area contributed by atoms with Crippen molar-refractivity contribution < 1.29 is 0 Å². The molecule has 2 heteroatoms. The van der Waals surface area contributed by atoms with E-state index in [2.05, 4.69) is 109 Å². The molecule has 0 radical (unpaired) electrons. The Bertz CT molecular complexity index is 1130. The quantitative estimate of drug-likeness (QED) is 0.332. The number of benzene rings is 2. The number of halogens is 1. The van der Waals surface area contributed by atoms with Crippen LogP contribution >= 0.6 is 15.9 Å². The lowest BCUT2D eigenvalue weighted by Crippen LogP contribution is -1.99. The maximum absolute atomic E-state index is 3.51. The van der Waals surface area contributed by atoms with Gasteiger partial charge in [0.05, 0.1) is 0 Å². The highest BCUT2D eigenvalue weighted by Gasteiger charge is 2.09. The fraction of sp³-hybridized carbons (Fsp3) is 0.200. The summed E-state index contributed by atoms with van der Waals surface area (Å²) in [5.74, 6) is 0. The van der Waals surface area contributed by atoms with Crippen molar-refractivity contribution in [2.75, 3.05) is 0 Å². The van der Waals surface area contributed by atoms with E-state index < -0.39 is 0 Å². The van der Waals surface area contributed by atoms with Crippen molar-refractivity contribution >= 4 is 21.4 Å². The zero-order valence-corrected chi connectivity index (χ0v) is 17.9. The topological polar surface area (TPSA) is 4.41 Å². The minimum absolute atomic E-state index is 0.980. The van der Waals surface area contributed by atoms with Crippen molar-refractivity contribution in [2.45, 2.75) is 34.1 Å². The normalized spacial score (nSPS) is 11.3. The molecule has 2 aromatic carbocycles. The maximum atomic E-state index is 3.51. The van der Waals surface area contributed by atoms with Crippen LogP contribution in [0.2, 0.25) is 0 Å². The summed E-state index contributed by atoms with van der Waals surface area (Å²) >= 11 is 3.51. The van der Waals surface area contributed by atoms with E-state index in [1.54, 1.807) is 0 Å². The molecule has 0 bridgehead atoms. The molecule has 0 fully saturated rings. The van der Waals surface area contributed by atoms with Crippen LogP contribution in [-0.4, -0.2) is 4.40 Å². The van der Waals surface area contributed by atoms with Crippen LogP contribution in [0.1, 0.15) is 33.4 Å². The van der Waals surface area contributed by atoms with Gasteiger partial charge in [0.25, 0.3) is 0 Å². The molecule has 0 aliphatic carbocycles. The van der Waals surface area contributed by atoms with Crippen LogP contribution in [0.15, 0.2) is 65.4 Å². The van der Waals surface area contributed by atoms with Gasteiger partial charge in [-0.1, -0.05) is 40.2 Å². The molecule has 0 atom stereocenters. The molecular formula is C25H24BrN. The Balaban J connectivity index is 1.73. The summed E-state index contributed by atoms with van der Waals surface area (Å²) < 4.78 is 3.35. The molecule has 136 valence electrons. The number of pyridine rings is 1. The fourth-order valence-electron chi connectivity index (χ4n) is 3.71. The molecule has 4 rings (SSSR count). The third-order valence-electron chi connectivity index (χ3n) is 5.77. The van der Waals surface area contributed by atoms with E-state index >= 15 is 0 Å². The van der Waals surface area contributed by atoms with Crippen molar-refractivity contribution in [3.63, 3.8) is 0 Å². The second kappa shape index (κ2) is 7.01. The Morgan fingerprint density at radius 2 is 1.44 bits per heavy atom. The average molecular weight is 418 g/mol. The predicted octanol–water partition coefficient (Wildman–Crippen LogP) is 7.19. The number of aryl methyl sites for hydroxylation is 2. The maximum Gasteiger partial charge on any atom is 0.0459 e. The van der Waals surface area contributed by atoms with Gasteiger partial charge in [0.15, 0.2) is 0 Å². The average Bonchev–Trinajstić information content (AvgIpc) is 3.05. The lowest BCUT2D eigenvalue weighted by Gasteiger charge is -2.13. The van der Waals surface area contributed by atoms with Crippen LogP contribution in [0.5, 0.6) is 0 Å². The van der Waals surface area contributed by atoms with E-state index in [0.717, 1.165) is 10.9 Å². The molecule has 0 aliphatic rings. The SMILES string of the molecule is Cc1cn2cc(-c3ccc(Br)cc3)cc2cc1Cc1ccc(C)c(C)c1C. The largest absolute Gasteiger partial charge is 0.323 e. The molecule has 0 amide bonds. The number of rotatable bonds is 3. The van der Waals surface area contributed by atoms with Crippen molar-refractivity contribution in [3.05, 3.63) is 98.8 Å². The van der Waals surface area contributed by atoms with Crippen molar-refractivity contribution in [1.29, 1.82) is 0 Å². The Kier molecular flexibility index (Phi) is 4.69. The van der Waals surface area contributed by atoms with E-state index in [4.69, 9.17) is 0 Å². The Labute approximate surface area is 169 Å². The van der Waals surface area contributed by atoms with Gasteiger partial charge in [-0.05, 0) is 97.3 Å². The minimum atomic E-state index is 0.980. The molecular weight excluding hydrogens is 394 g/mol. The second-order valence-electron chi connectivity index (χ2n) is 7.52. The number of nitrogens with zero attached hydrogens (tertiary/aromatic N) is 1. The van der Waals surface area contributed by atoms with Gasteiger partial charge in [-0.15, -0.1) is 0 Å². The lowest BCUT2D eigenvalue weighted by atomic mass is 9.93. The Morgan fingerprint density at radius 1 is 0.704 bits per heavy atom. The Morgan fingerprint density at radius 3 is 2.19 bits per heavy atom. The molecule has 0 aliphatic heterocycles. The summed E-state index contributed by atoms with van der Waals surface area (Å²) in [4.78, 5) is 0. The third kappa shape index (κ3) is 3.46. The van der Waals surface area contributed by atoms with Crippen molar-refractivity contribution in [2.24, 2.45) is 0 Å². The predicted molar refractivity (Wildman–Crippen MR) is 119 cm³/mol. The molecule has 1 nitrogen and oxygen atoms in total. The van der Waals surface area contributed by atoms with Crippen LogP contribution in [0.25, 0.3) is 16.6 Å². The first-order chi connectivity index (χ1) is 12.9. The van der Waals surface area contributed by atoms with Crippen LogP contribution in [0, 0.1) is 27.7 Å². The molecule has 0 N–H and O–H groups in total. The van der Waals surface area contributed by atoms with E-state index in [0.29, 0.717) is 0 Å². The molecule has 2 heterocycles. The van der Waals surface area contributed by atoms with Crippen LogP contribution in [0.4, 0.5) is 0 Å². The Hall–Kier alpha value is -2.32. The fourth-order valence-corrected chi connectivity index (χ4v) is 3.97. The van der Waals surface area contributed by atoms with E-state index in [-0.39, 0.29) is 0 Å². The molecule has 27 heavy (non-hydrogen) atoms. The minimum Gasteiger partial charge on any atom is -0.323 e. The van der Waals surface area contributed by atoms with Crippen molar-refractivity contribution in [1.82, 2.24) is 4.40 Å². The molecule has 0 saturated carbocycles. The highest BCUT2D eigenvalue weighted by molar-refractivity contribution is 9.10. The first-order valence-corrected chi connectivity index (χ1v) is 10.1. The summed E-state index contributed by atoms with van der Waals surface area (Å²) in [6.45, 7) is 8.87. The zero-order valence-electron chi connectivity index (χ0n) is 16.3. The summed E-state index contributed by atoms with van der Waals surface area (Å²) in [7, 11) is 0. The van der Waals surface area contributed by atoms with Crippen molar-refractivity contribution in [3.8, 4) is 11.1 Å². The summed E-state index contributed by atoms with van der Waals surface area (Å²) in [5, 5.41) is 0. The summed E-state index contributed by atoms with van der Waals surface area (Å²) in [6, 6.07) is 17.6. The van der Waals surface area contributed by atoms with Gasteiger partial charge in [0.2, 0.25) is 0 Å². The van der Waals surface area contributed by atoms with Gasteiger partial charge in [0, 0.05) is 27.9 Å². The summed E-state index contributed by atoms with van der Waals surface area (Å²) in [6.07, 6.45) is 5.45. The first-order valence-electron chi connectivity index (χ1n) is 9.35. The molecule has 0 saturated heterocycles. The van der Waals surface area contributed by atoms with Gasteiger partial charge < -0.3 is 4.40 Å². The lowest BCUT2D eigenvalue weighted by molar-refractivity contribution is 1.07. The van der Waals surface area contributed by atoms with Gasteiger partial charge in [0.1, 0.15) is 0 Å². The van der Waals surface area contributed by atoms with Crippen LogP contribution in [0.3, 0.4) is 0 Å². The molecule has 0 spiro atoms. The van der Waals surface area contributed by atoms with E-state index in [1.165, 1.54) is 50.0 Å². The third-order valence-corrected chi connectivity index (χ3v) is 6.30. The summed E-state index contributed by atoms with van der Waals surface area (Å²) in [5.41, 5.74) is 12.1. The smallest absolute Gasteiger partial charge is 0.0459 e. The monoisotopic (exact) mass is 417 g/mol. The van der Waals surface area contributed by atoms with Crippen LogP contribution in [-0.2, 0) is 6.42 Å². The van der Waals surface area contributed by atoms with Crippen LogP contribution < -0.4 is 0 Å². The van der Waals surface area contributed by atoms with E-state index in [9.17, 15) is 0 Å².